The van der Waals surface area contributed by atoms with Crippen molar-refractivity contribution >= 4 is 5.91 Å². The predicted octanol–water partition coefficient (Wildman–Crippen LogP) is 1.45. The number of amides is 1. The van der Waals surface area contributed by atoms with Gasteiger partial charge in [0.1, 0.15) is 0 Å². The van der Waals surface area contributed by atoms with Crippen molar-refractivity contribution in [1.82, 2.24) is 10.6 Å². The SMILES string of the molecule is CCOCCNC(C)C(=O)NC1CCCCC1. The van der Waals surface area contributed by atoms with Crippen molar-refractivity contribution in [2.45, 2.75) is 58.0 Å². The van der Waals surface area contributed by atoms with Crippen molar-refractivity contribution in [2.75, 3.05) is 19.8 Å². The molecule has 4 heteroatoms. The molecule has 17 heavy (non-hydrogen) atoms. The number of ether oxygens (including phenoxy) is 1. The van der Waals surface area contributed by atoms with E-state index in [9.17, 15) is 4.79 Å². The smallest absolute Gasteiger partial charge is 0.237 e. The third kappa shape index (κ3) is 6.03. The maximum atomic E-state index is 11.9. The number of hydrogen-bond donors (Lipinski definition) is 2. The van der Waals surface area contributed by atoms with E-state index in [0.717, 1.165) is 26.0 Å². The Morgan fingerprint density at radius 3 is 2.71 bits per heavy atom. The molecule has 0 heterocycles. The van der Waals surface area contributed by atoms with E-state index in [1.54, 1.807) is 0 Å². The Labute approximate surface area is 104 Å². The molecule has 0 aliphatic heterocycles. The summed E-state index contributed by atoms with van der Waals surface area (Å²) in [6, 6.07) is 0.268. The zero-order valence-corrected chi connectivity index (χ0v) is 11.1. The van der Waals surface area contributed by atoms with Gasteiger partial charge in [0.15, 0.2) is 0 Å². The second-order valence-electron chi connectivity index (χ2n) is 4.72. The van der Waals surface area contributed by atoms with E-state index in [-0.39, 0.29) is 11.9 Å². The molecule has 1 aliphatic carbocycles. The fourth-order valence-electron chi connectivity index (χ4n) is 2.16. The lowest BCUT2D eigenvalue weighted by Crippen LogP contribution is -2.47. The van der Waals surface area contributed by atoms with Crippen molar-refractivity contribution in [1.29, 1.82) is 0 Å². The van der Waals surface area contributed by atoms with Crippen LogP contribution in [0.25, 0.3) is 0 Å². The van der Waals surface area contributed by atoms with Gasteiger partial charge < -0.3 is 15.4 Å². The highest BCUT2D eigenvalue weighted by atomic mass is 16.5. The second kappa shape index (κ2) is 8.48. The number of rotatable bonds is 7. The van der Waals surface area contributed by atoms with E-state index in [0.29, 0.717) is 12.6 Å². The van der Waals surface area contributed by atoms with Crippen LogP contribution in [0.5, 0.6) is 0 Å². The lowest BCUT2D eigenvalue weighted by molar-refractivity contribution is -0.123. The summed E-state index contributed by atoms with van der Waals surface area (Å²) in [5.41, 5.74) is 0. The summed E-state index contributed by atoms with van der Waals surface area (Å²) in [6.45, 7) is 6.00. The van der Waals surface area contributed by atoms with Gasteiger partial charge in [0, 0.05) is 19.2 Å². The molecule has 1 saturated carbocycles. The highest BCUT2D eigenvalue weighted by molar-refractivity contribution is 5.81. The molecule has 0 aromatic rings. The van der Waals surface area contributed by atoms with Crippen LogP contribution in [0.2, 0.25) is 0 Å². The molecule has 1 rings (SSSR count). The third-order valence-electron chi connectivity index (χ3n) is 3.25. The number of nitrogens with one attached hydrogen (secondary N) is 2. The van der Waals surface area contributed by atoms with Gasteiger partial charge in [-0.3, -0.25) is 4.79 Å². The normalized spacial score (nSPS) is 18.9. The van der Waals surface area contributed by atoms with Crippen molar-refractivity contribution in [3.8, 4) is 0 Å². The lowest BCUT2D eigenvalue weighted by Gasteiger charge is -2.24. The second-order valence-corrected chi connectivity index (χ2v) is 4.72. The van der Waals surface area contributed by atoms with E-state index in [4.69, 9.17) is 4.74 Å². The Morgan fingerprint density at radius 1 is 1.35 bits per heavy atom. The summed E-state index contributed by atoms with van der Waals surface area (Å²) in [7, 11) is 0. The summed E-state index contributed by atoms with van der Waals surface area (Å²) in [6.07, 6.45) is 6.08. The monoisotopic (exact) mass is 242 g/mol. The van der Waals surface area contributed by atoms with Crippen LogP contribution < -0.4 is 10.6 Å². The van der Waals surface area contributed by atoms with Crippen LogP contribution in [0.15, 0.2) is 0 Å². The van der Waals surface area contributed by atoms with Crippen LogP contribution >= 0.6 is 0 Å². The zero-order valence-electron chi connectivity index (χ0n) is 11.1. The molecule has 100 valence electrons. The van der Waals surface area contributed by atoms with Crippen LogP contribution in [0, 0.1) is 0 Å². The van der Waals surface area contributed by atoms with Gasteiger partial charge in [0.05, 0.1) is 12.6 Å². The first kappa shape index (κ1) is 14.5. The van der Waals surface area contributed by atoms with E-state index < -0.39 is 0 Å². The summed E-state index contributed by atoms with van der Waals surface area (Å²) >= 11 is 0. The molecular formula is C13H26N2O2. The zero-order chi connectivity index (χ0) is 12.5. The van der Waals surface area contributed by atoms with Crippen LogP contribution in [-0.4, -0.2) is 37.7 Å². The molecule has 0 bridgehead atoms. The van der Waals surface area contributed by atoms with Crippen LogP contribution in [0.3, 0.4) is 0 Å². The van der Waals surface area contributed by atoms with Gasteiger partial charge in [-0.15, -0.1) is 0 Å². The Balaban J connectivity index is 2.12. The lowest BCUT2D eigenvalue weighted by atomic mass is 9.95. The van der Waals surface area contributed by atoms with E-state index in [2.05, 4.69) is 10.6 Å². The predicted molar refractivity (Wildman–Crippen MR) is 69.0 cm³/mol. The Morgan fingerprint density at radius 2 is 2.06 bits per heavy atom. The fourth-order valence-corrected chi connectivity index (χ4v) is 2.16. The molecule has 1 atom stereocenters. The first-order chi connectivity index (χ1) is 8.24. The Kier molecular flexibility index (Phi) is 7.21. The molecule has 0 spiro atoms. The standard InChI is InChI=1S/C13H26N2O2/c1-3-17-10-9-14-11(2)13(16)15-12-7-5-4-6-8-12/h11-12,14H,3-10H2,1-2H3,(H,15,16). The molecule has 4 nitrogen and oxygen atoms in total. The molecule has 2 N–H and O–H groups in total. The third-order valence-corrected chi connectivity index (χ3v) is 3.25. The maximum Gasteiger partial charge on any atom is 0.237 e. The molecule has 1 unspecified atom stereocenters. The van der Waals surface area contributed by atoms with E-state index in [1.807, 2.05) is 13.8 Å². The minimum absolute atomic E-state index is 0.119. The van der Waals surface area contributed by atoms with Gasteiger partial charge >= 0.3 is 0 Å². The van der Waals surface area contributed by atoms with Gasteiger partial charge in [-0.25, -0.2) is 0 Å². The van der Waals surface area contributed by atoms with Gasteiger partial charge in [-0.05, 0) is 26.7 Å². The van der Waals surface area contributed by atoms with Crippen LogP contribution in [-0.2, 0) is 9.53 Å². The number of carbonyl (C=O) groups is 1. The topological polar surface area (TPSA) is 50.4 Å². The maximum absolute atomic E-state index is 11.9. The molecule has 0 aromatic carbocycles. The molecule has 1 aliphatic rings. The fraction of sp³-hybridized carbons (Fsp3) is 0.923. The minimum Gasteiger partial charge on any atom is -0.380 e. The first-order valence-corrected chi connectivity index (χ1v) is 6.85. The first-order valence-electron chi connectivity index (χ1n) is 6.85. The summed E-state index contributed by atoms with van der Waals surface area (Å²) < 4.78 is 5.22. The van der Waals surface area contributed by atoms with E-state index in [1.165, 1.54) is 19.3 Å². The Hall–Kier alpha value is -0.610. The highest BCUT2D eigenvalue weighted by Gasteiger charge is 2.18. The molecule has 0 saturated heterocycles. The molecular weight excluding hydrogens is 216 g/mol. The summed E-state index contributed by atoms with van der Waals surface area (Å²) in [4.78, 5) is 11.9. The van der Waals surface area contributed by atoms with Gasteiger partial charge in [0.2, 0.25) is 5.91 Å². The van der Waals surface area contributed by atoms with Gasteiger partial charge in [-0.1, -0.05) is 19.3 Å². The molecule has 1 fully saturated rings. The summed E-state index contributed by atoms with van der Waals surface area (Å²) in [5, 5.41) is 6.29. The van der Waals surface area contributed by atoms with Crippen molar-refractivity contribution in [2.24, 2.45) is 0 Å². The van der Waals surface area contributed by atoms with Crippen molar-refractivity contribution in [3.63, 3.8) is 0 Å². The molecule has 0 aromatic heterocycles. The molecule has 1 amide bonds. The highest BCUT2D eigenvalue weighted by Crippen LogP contribution is 2.17. The quantitative estimate of drug-likeness (QED) is 0.664. The summed E-state index contributed by atoms with van der Waals surface area (Å²) in [5.74, 6) is 0.119. The average Bonchev–Trinajstić information content (AvgIpc) is 2.35. The number of hydrogen-bond acceptors (Lipinski definition) is 3. The minimum atomic E-state index is -0.127. The van der Waals surface area contributed by atoms with Crippen molar-refractivity contribution in [3.05, 3.63) is 0 Å². The van der Waals surface area contributed by atoms with E-state index >= 15 is 0 Å². The Bertz CT molecular complexity index is 215. The average molecular weight is 242 g/mol. The largest absolute Gasteiger partial charge is 0.380 e. The van der Waals surface area contributed by atoms with Crippen molar-refractivity contribution < 1.29 is 9.53 Å². The van der Waals surface area contributed by atoms with Gasteiger partial charge in [0.25, 0.3) is 0 Å². The van der Waals surface area contributed by atoms with Crippen LogP contribution in [0.1, 0.15) is 46.0 Å². The van der Waals surface area contributed by atoms with Crippen LogP contribution in [0.4, 0.5) is 0 Å². The molecule has 0 radical (unpaired) electrons. The van der Waals surface area contributed by atoms with Gasteiger partial charge in [-0.2, -0.15) is 0 Å². The number of carbonyl (C=O) groups excluding carboxylic acids is 1.